The molecule has 16 nitrogen and oxygen atoms in total. The van der Waals surface area contributed by atoms with Crippen LogP contribution in [0.2, 0.25) is 0 Å². The van der Waals surface area contributed by atoms with E-state index in [1.165, 1.54) is 14.2 Å². The SMILES string of the molecule is COC(=O)NC(C(=O)N1CCCC1c1nc(-c2ncc(-c3ccc(-c4c[nH]c([C@@H]5CCCN5C(=O)[C@@H](c5ccccc5)N(C)C(=O)O)n4)cc3)o2)c[nH]1)c1ccccc1. The number of carbonyl (C=O) groups excluding carboxylic acids is 3. The predicted octanol–water partition coefficient (Wildman–Crippen LogP) is 6.90. The van der Waals surface area contributed by atoms with Crippen LogP contribution >= 0.6 is 0 Å². The molecule has 2 aliphatic rings. The van der Waals surface area contributed by atoms with Crippen LogP contribution < -0.4 is 5.32 Å². The van der Waals surface area contributed by atoms with Gasteiger partial charge in [0.05, 0.1) is 31.1 Å². The second kappa shape index (κ2) is 16.7. The number of oxazole rings is 1. The van der Waals surface area contributed by atoms with Gasteiger partial charge in [-0.2, -0.15) is 0 Å². The van der Waals surface area contributed by atoms with Gasteiger partial charge in [-0.3, -0.25) is 14.5 Å². The number of hydrogen-bond acceptors (Lipinski definition) is 9. The summed E-state index contributed by atoms with van der Waals surface area (Å²) in [4.78, 5) is 77.1. The number of aromatic nitrogens is 5. The Morgan fingerprint density at radius 3 is 1.97 bits per heavy atom. The molecule has 0 saturated carbocycles. The average molecular weight is 798 g/mol. The molecule has 0 bridgehead atoms. The first-order valence-electron chi connectivity index (χ1n) is 19.4. The lowest BCUT2D eigenvalue weighted by atomic mass is 10.0. The van der Waals surface area contributed by atoms with Gasteiger partial charge in [-0.25, -0.2) is 24.5 Å². The maximum atomic E-state index is 14.0. The molecule has 302 valence electrons. The molecule has 16 heteroatoms. The number of ether oxygens (including phenoxy) is 1. The highest BCUT2D eigenvalue weighted by atomic mass is 16.5. The smallest absolute Gasteiger partial charge is 0.407 e. The number of imidazole rings is 2. The molecule has 2 unspecified atom stereocenters. The number of amides is 4. The first-order valence-corrected chi connectivity index (χ1v) is 19.4. The van der Waals surface area contributed by atoms with Gasteiger partial charge in [0.1, 0.15) is 29.4 Å². The summed E-state index contributed by atoms with van der Waals surface area (Å²) in [5.41, 5.74) is 4.08. The maximum Gasteiger partial charge on any atom is 0.407 e. The van der Waals surface area contributed by atoms with Gasteiger partial charge in [-0.15, -0.1) is 0 Å². The first-order chi connectivity index (χ1) is 28.7. The zero-order chi connectivity index (χ0) is 41.0. The predicted molar refractivity (Wildman–Crippen MR) is 214 cm³/mol. The Morgan fingerprint density at radius 1 is 0.797 bits per heavy atom. The van der Waals surface area contributed by atoms with Gasteiger partial charge in [0.15, 0.2) is 5.76 Å². The number of methoxy groups -OCH3 is 1. The number of likely N-dealkylation sites (N-methyl/N-ethyl adjacent to an activating group) is 1. The molecule has 6 aromatic rings. The van der Waals surface area contributed by atoms with E-state index < -0.39 is 24.3 Å². The Labute approximate surface area is 339 Å². The van der Waals surface area contributed by atoms with Gasteiger partial charge in [-0.05, 0) is 36.8 Å². The number of hydrogen-bond donors (Lipinski definition) is 4. The summed E-state index contributed by atoms with van der Waals surface area (Å²) in [6.45, 7) is 0.999. The van der Waals surface area contributed by atoms with Crippen molar-refractivity contribution >= 4 is 24.0 Å². The van der Waals surface area contributed by atoms with E-state index in [0.29, 0.717) is 71.7 Å². The fourth-order valence-electron chi connectivity index (χ4n) is 7.94. The van der Waals surface area contributed by atoms with Crippen molar-refractivity contribution in [3.8, 4) is 34.2 Å². The third kappa shape index (κ3) is 7.88. The molecule has 4 amide bonds. The number of carbonyl (C=O) groups is 4. The van der Waals surface area contributed by atoms with Gasteiger partial charge in [0.25, 0.3) is 11.8 Å². The summed E-state index contributed by atoms with van der Waals surface area (Å²) in [5.74, 6) is 1.53. The number of rotatable bonds is 11. The van der Waals surface area contributed by atoms with Crippen LogP contribution in [0.25, 0.3) is 34.2 Å². The third-order valence-corrected chi connectivity index (χ3v) is 11.0. The van der Waals surface area contributed by atoms with Gasteiger partial charge in [0, 0.05) is 43.7 Å². The van der Waals surface area contributed by atoms with Crippen molar-refractivity contribution in [3.63, 3.8) is 0 Å². The monoisotopic (exact) mass is 797 g/mol. The molecule has 3 aromatic heterocycles. The summed E-state index contributed by atoms with van der Waals surface area (Å²) in [5, 5.41) is 12.5. The number of likely N-dealkylation sites (tertiary alicyclic amines) is 2. The minimum absolute atomic E-state index is 0.261. The molecule has 59 heavy (non-hydrogen) atoms. The van der Waals surface area contributed by atoms with Crippen LogP contribution in [0.5, 0.6) is 0 Å². The molecule has 2 saturated heterocycles. The lowest BCUT2D eigenvalue weighted by Gasteiger charge is -2.32. The van der Waals surface area contributed by atoms with Crippen molar-refractivity contribution in [2.45, 2.75) is 49.9 Å². The lowest BCUT2D eigenvalue weighted by Crippen LogP contribution is -2.43. The lowest BCUT2D eigenvalue weighted by molar-refractivity contribution is -0.137. The van der Waals surface area contributed by atoms with E-state index in [4.69, 9.17) is 19.1 Å². The van der Waals surface area contributed by atoms with E-state index >= 15 is 0 Å². The zero-order valence-corrected chi connectivity index (χ0v) is 32.4. The number of alkyl carbamates (subject to hydrolysis) is 1. The Kier molecular flexibility index (Phi) is 10.9. The Hall–Kier alpha value is -7.23. The zero-order valence-electron chi connectivity index (χ0n) is 32.4. The Balaban J connectivity index is 0.945. The van der Waals surface area contributed by atoms with Gasteiger partial charge >= 0.3 is 12.2 Å². The van der Waals surface area contributed by atoms with Gasteiger partial charge < -0.3 is 39.3 Å². The molecule has 4 atom stereocenters. The van der Waals surface area contributed by atoms with Crippen LogP contribution in [-0.2, 0) is 14.3 Å². The van der Waals surface area contributed by atoms with Crippen LogP contribution in [0.1, 0.15) is 72.6 Å². The van der Waals surface area contributed by atoms with Crippen molar-refractivity contribution in [2.24, 2.45) is 0 Å². The summed E-state index contributed by atoms with van der Waals surface area (Å²) in [7, 11) is 2.67. The number of aromatic amines is 2. The summed E-state index contributed by atoms with van der Waals surface area (Å²) < 4.78 is 11.0. The molecule has 0 radical (unpaired) electrons. The third-order valence-electron chi connectivity index (χ3n) is 11.0. The van der Waals surface area contributed by atoms with E-state index in [0.717, 1.165) is 28.9 Å². The van der Waals surface area contributed by atoms with Crippen LogP contribution in [-0.4, -0.2) is 96.0 Å². The van der Waals surface area contributed by atoms with Crippen LogP contribution in [0, 0.1) is 0 Å². The molecule has 2 fully saturated rings. The second-order valence-corrected chi connectivity index (χ2v) is 14.5. The van der Waals surface area contributed by atoms with Crippen molar-refractivity contribution < 1.29 is 33.4 Å². The molecule has 2 aliphatic heterocycles. The molecule has 0 aliphatic carbocycles. The van der Waals surface area contributed by atoms with E-state index in [2.05, 4.69) is 20.3 Å². The minimum Gasteiger partial charge on any atom is -0.465 e. The average Bonchev–Trinajstić information content (AvgIpc) is 4.12. The normalized spacial score (nSPS) is 17.4. The molecule has 8 rings (SSSR count). The van der Waals surface area contributed by atoms with Crippen molar-refractivity contribution in [1.82, 2.24) is 44.9 Å². The number of nitrogens with zero attached hydrogens (tertiary/aromatic N) is 6. The minimum atomic E-state index is -1.19. The van der Waals surface area contributed by atoms with Crippen molar-refractivity contribution in [1.29, 1.82) is 0 Å². The van der Waals surface area contributed by atoms with Crippen molar-refractivity contribution in [2.75, 3.05) is 27.2 Å². The van der Waals surface area contributed by atoms with E-state index in [-0.39, 0.29) is 23.9 Å². The fraction of sp³-hybridized carbons (Fsp3) is 0.279. The van der Waals surface area contributed by atoms with Gasteiger partial charge in [-0.1, -0.05) is 84.9 Å². The highest BCUT2D eigenvalue weighted by molar-refractivity contribution is 5.88. The molecule has 4 N–H and O–H groups in total. The van der Waals surface area contributed by atoms with Gasteiger partial charge in [0.2, 0.25) is 5.89 Å². The van der Waals surface area contributed by atoms with Crippen LogP contribution in [0.4, 0.5) is 9.59 Å². The summed E-state index contributed by atoms with van der Waals surface area (Å²) >= 11 is 0. The molecule has 3 aromatic carbocycles. The topological polar surface area (TPSA) is 203 Å². The van der Waals surface area contributed by atoms with E-state index in [9.17, 15) is 24.3 Å². The van der Waals surface area contributed by atoms with E-state index in [1.807, 2.05) is 54.7 Å². The molecule has 5 heterocycles. The Bertz CT molecular complexity index is 2430. The summed E-state index contributed by atoms with van der Waals surface area (Å²) in [6, 6.07) is 23.1. The number of nitrogens with one attached hydrogen (secondary N) is 3. The molecular weight excluding hydrogens is 755 g/mol. The molecule has 0 spiro atoms. The maximum absolute atomic E-state index is 14.0. The quantitative estimate of drug-likeness (QED) is 0.107. The molecular formula is C43H43N9O7. The van der Waals surface area contributed by atoms with Crippen LogP contribution in [0.15, 0.2) is 108 Å². The first kappa shape index (κ1) is 38.6. The largest absolute Gasteiger partial charge is 0.465 e. The van der Waals surface area contributed by atoms with Crippen LogP contribution in [0.3, 0.4) is 0 Å². The van der Waals surface area contributed by atoms with Crippen molar-refractivity contribution in [3.05, 3.63) is 126 Å². The van der Waals surface area contributed by atoms with E-state index in [1.54, 1.807) is 58.6 Å². The highest BCUT2D eigenvalue weighted by Crippen LogP contribution is 2.37. The second-order valence-electron chi connectivity index (χ2n) is 14.5. The number of H-pyrrole nitrogens is 2. The Morgan fingerprint density at radius 2 is 1.36 bits per heavy atom. The highest BCUT2D eigenvalue weighted by Gasteiger charge is 2.40. The standard InChI is InChI=1S/C43H43N9O7/c1-50(43(56)57)36(29-13-7-4-8-14-29)41(54)52-22-10-16-33(52)37-44-23-30(47-37)26-17-19-27(20-18-26)34-25-46-39(59-34)31-24-45-38(48-31)32-15-9-21-51(32)40(53)35(49-42(55)58-2)28-11-5-3-6-12-28/h3-8,11-14,17-20,23-25,32-33,35-36H,9-10,15-16,21-22H2,1-2H3,(H,44,47)(H,45,48)(H,49,55)(H,56,57)/t32?,33-,35?,36+/m0/s1. The number of benzene rings is 3. The number of carboxylic acid groups (broad SMARTS) is 1. The summed E-state index contributed by atoms with van der Waals surface area (Å²) in [6.07, 6.45) is 6.19. The fourth-order valence-corrected chi connectivity index (χ4v) is 7.94.